The van der Waals surface area contributed by atoms with Crippen LogP contribution in [0, 0.1) is 0 Å². The van der Waals surface area contributed by atoms with Gasteiger partial charge in [-0.2, -0.15) is 5.10 Å². The Labute approximate surface area is 163 Å². The molecule has 0 aliphatic heterocycles. The Hall–Kier alpha value is -3.10. The smallest absolute Gasteiger partial charge is 0.231 e. The first-order valence-corrected chi connectivity index (χ1v) is 9.80. The number of anilines is 1. The summed E-state index contributed by atoms with van der Waals surface area (Å²) in [6.07, 6.45) is 0. The van der Waals surface area contributed by atoms with Gasteiger partial charge in [0.25, 0.3) is 0 Å². The molecule has 4 aromatic rings. The molecule has 0 unspecified atom stereocenters. The molecule has 0 fully saturated rings. The third-order valence-corrected chi connectivity index (χ3v) is 5.42. The standard InChI is InChI=1S/C19H15N5OS2/c1-25-14-10-8-13(9-11-14)21-22-18(17-7-4-12-26-17)23-24-19-20-15-5-2-3-6-16(15)27-19/h2-12,21H,1H3. The second-order valence-electron chi connectivity index (χ2n) is 5.42. The van der Waals surface area contributed by atoms with Crippen LogP contribution in [0.15, 0.2) is 81.4 Å². The van der Waals surface area contributed by atoms with Gasteiger partial charge < -0.3 is 4.74 Å². The van der Waals surface area contributed by atoms with E-state index in [1.54, 1.807) is 18.4 Å². The number of ether oxygens (including phenoxy) is 1. The molecule has 2 aromatic carbocycles. The van der Waals surface area contributed by atoms with Crippen molar-refractivity contribution in [1.29, 1.82) is 0 Å². The Balaban J connectivity index is 1.58. The van der Waals surface area contributed by atoms with Crippen molar-refractivity contribution >= 4 is 49.5 Å². The van der Waals surface area contributed by atoms with E-state index in [0.717, 1.165) is 26.5 Å². The van der Waals surface area contributed by atoms with Crippen molar-refractivity contribution in [2.45, 2.75) is 0 Å². The van der Waals surface area contributed by atoms with E-state index in [4.69, 9.17) is 4.74 Å². The van der Waals surface area contributed by atoms with Crippen molar-refractivity contribution in [1.82, 2.24) is 4.98 Å². The summed E-state index contributed by atoms with van der Waals surface area (Å²) in [6, 6.07) is 19.3. The van der Waals surface area contributed by atoms with Crippen LogP contribution in [0.5, 0.6) is 5.75 Å². The van der Waals surface area contributed by atoms with Gasteiger partial charge in [-0.1, -0.05) is 29.5 Å². The van der Waals surface area contributed by atoms with Gasteiger partial charge in [-0.3, -0.25) is 5.43 Å². The van der Waals surface area contributed by atoms with Gasteiger partial charge in [0.2, 0.25) is 11.0 Å². The number of amidine groups is 1. The molecule has 0 aliphatic carbocycles. The summed E-state index contributed by atoms with van der Waals surface area (Å²) in [5.41, 5.74) is 4.77. The summed E-state index contributed by atoms with van der Waals surface area (Å²) in [5, 5.41) is 15.6. The lowest BCUT2D eigenvalue weighted by Crippen LogP contribution is -1.99. The number of hydrogen-bond donors (Lipinski definition) is 1. The number of thiophene rings is 1. The zero-order valence-electron chi connectivity index (χ0n) is 14.4. The number of hydrazone groups is 1. The fourth-order valence-electron chi connectivity index (χ4n) is 2.31. The average Bonchev–Trinajstić information content (AvgIpc) is 3.38. The number of fused-ring (bicyclic) bond motifs is 1. The largest absolute Gasteiger partial charge is 0.497 e. The van der Waals surface area contributed by atoms with Crippen molar-refractivity contribution in [3.8, 4) is 5.75 Å². The maximum atomic E-state index is 5.16. The molecule has 134 valence electrons. The van der Waals surface area contributed by atoms with Gasteiger partial charge in [-0.15, -0.1) is 21.6 Å². The highest BCUT2D eigenvalue weighted by atomic mass is 32.1. The minimum absolute atomic E-state index is 0.500. The number of nitrogens with zero attached hydrogens (tertiary/aromatic N) is 4. The number of nitrogens with one attached hydrogen (secondary N) is 1. The zero-order chi connectivity index (χ0) is 18.5. The molecule has 0 atom stereocenters. The minimum Gasteiger partial charge on any atom is -0.497 e. The lowest BCUT2D eigenvalue weighted by molar-refractivity contribution is 0.415. The topological polar surface area (TPSA) is 71.2 Å². The van der Waals surface area contributed by atoms with Crippen LogP contribution in [-0.2, 0) is 0 Å². The van der Waals surface area contributed by atoms with Crippen LogP contribution in [0.2, 0.25) is 0 Å². The van der Waals surface area contributed by atoms with Crippen LogP contribution in [0.4, 0.5) is 10.8 Å². The molecule has 1 N–H and O–H groups in total. The second kappa shape index (κ2) is 8.07. The maximum Gasteiger partial charge on any atom is 0.231 e. The number of methoxy groups -OCH3 is 1. The van der Waals surface area contributed by atoms with Gasteiger partial charge >= 0.3 is 0 Å². The maximum absolute atomic E-state index is 5.16. The SMILES string of the molecule is COc1ccc(NN=C(N=Nc2nc3ccccc3s2)c2cccs2)cc1. The van der Waals surface area contributed by atoms with Crippen molar-refractivity contribution in [2.24, 2.45) is 15.3 Å². The van der Waals surface area contributed by atoms with E-state index in [1.807, 2.05) is 66.0 Å². The Morgan fingerprint density at radius 1 is 1.04 bits per heavy atom. The molecule has 2 aromatic heterocycles. The quantitative estimate of drug-likeness (QED) is 0.198. The first-order valence-electron chi connectivity index (χ1n) is 8.11. The van der Waals surface area contributed by atoms with Crippen molar-refractivity contribution in [3.63, 3.8) is 0 Å². The van der Waals surface area contributed by atoms with E-state index in [9.17, 15) is 0 Å². The Morgan fingerprint density at radius 3 is 2.63 bits per heavy atom. The first kappa shape index (κ1) is 17.3. The van der Waals surface area contributed by atoms with E-state index < -0.39 is 0 Å². The molecule has 27 heavy (non-hydrogen) atoms. The van der Waals surface area contributed by atoms with E-state index in [1.165, 1.54) is 11.3 Å². The fraction of sp³-hybridized carbons (Fsp3) is 0.0526. The summed E-state index contributed by atoms with van der Waals surface area (Å²) in [5.74, 6) is 1.29. The summed E-state index contributed by atoms with van der Waals surface area (Å²) >= 11 is 3.05. The Kier molecular flexibility index (Phi) is 5.17. The Bertz CT molecular complexity index is 1050. The molecule has 6 nitrogen and oxygen atoms in total. The van der Waals surface area contributed by atoms with Gasteiger partial charge in [0.1, 0.15) is 5.75 Å². The molecular formula is C19H15N5OS2. The summed E-state index contributed by atoms with van der Waals surface area (Å²) in [6.45, 7) is 0. The molecule has 4 rings (SSSR count). The lowest BCUT2D eigenvalue weighted by Gasteiger charge is -2.03. The molecule has 0 saturated heterocycles. The molecule has 0 amide bonds. The van der Waals surface area contributed by atoms with Crippen LogP contribution in [0.25, 0.3) is 10.2 Å². The molecule has 8 heteroatoms. The van der Waals surface area contributed by atoms with E-state index in [0.29, 0.717) is 11.0 Å². The molecule has 0 spiro atoms. The van der Waals surface area contributed by atoms with Crippen LogP contribution >= 0.6 is 22.7 Å². The van der Waals surface area contributed by atoms with E-state index >= 15 is 0 Å². The van der Waals surface area contributed by atoms with Crippen molar-refractivity contribution in [2.75, 3.05) is 12.5 Å². The van der Waals surface area contributed by atoms with Crippen LogP contribution in [0.3, 0.4) is 0 Å². The van der Waals surface area contributed by atoms with Crippen molar-refractivity contribution < 1.29 is 4.74 Å². The third-order valence-electron chi connectivity index (χ3n) is 3.64. The molecule has 0 saturated carbocycles. The zero-order valence-corrected chi connectivity index (χ0v) is 16.0. The number of aromatic nitrogens is 1. The van der Waals surface area contributed by atoms with Crippen LogP contribution in [-0.4, -0.2) is 17.9 Å². The average molecular weight is 393 g/mol. The number of rotatable bonds is 5. The van der Waals surface area contributed by atoms with Gasteiger partial charge in [0.05, 0.1) is 27.9 Å². The number of thiazole rings is 1. The molecule has 0 radical (unpaired) electrons. The van der Waals surface area contributed by atoms with Crippen LogP contribution in [0.1, 0.15) is 4.88 Å². The number of hydrogen-bond acceptors (Lipinski definition) is 7. The van der Waals surface area contributed by atoms with Gasteiger partial charge in [0, 0.05) is 0 Å². The molecule has 0 aliphatic rings. The van der Waals surface area contributed by atoms with Gasteiger partial charge in [-0.25, -0.2) is 4.98 Å². The monoisotopic (exact) mass is 393 g/mol. The Morgan fingerprint density at radius 2 is 1.89 bits per heavy atom. The molecule has 2 heterocycles. The van der Waals surface area contributed by atoms with Gasteiger partial charge in [-0.05, 0) is 47.8 Å². The summed E-state index contributed by atoms with van der Waals surface area (Å²) in [7, 11) is 1.64. The van der Waals surface area contributed by atoms with Crippen molar-refractivity contribution in [3.05, 3.63) is 70.9 Å². The lowest BCUT2D eigenvalue weighted by atomic mass is 10.3. The number of azo groups is 1. The van der Waals surface area contributed by atoms with E-state index in [-0.39, 0.29) is 0 Å². The third kappa shape index (κ3) is 4.18. The summed E-state index contributed by atoms with van der Waals surface area (Å²) in [4.78, 5) is 5.39. The predicted molar refractivity (Wildman–Crippen MR) is 112 cm³/mol. The number of para-hydroxylation sites is 1. The fourth-order valence-corrected chi connectivity index (χ4v) is 3.75. The number of benzene rings is 2. The highest BCUT2D eigenvalue weighted by molar-refractivity contribution is 7.21. The van der Waals surface area contributed by atoms with E-state index in [2.05, 4.69) is 25.7 Å². The highest BCUT2D eigenvalue weighted by Gasteiger charge is 2.06. The van der Waals surface area contributed by atoms with Gasteiger partial charge in [0.15, 0.2) is 0 Å². The van der Waals surface area contributed by atoms with Crippen LogP contribution < -0.4 is 10.2 Å². The minimum atomic E-state index is 0.500. The predicted octanol–water partition coefficient (Wildman–Crippen LogP) is 5.92. The molecule has 0 bridgehead atoms. The molecular weight excluding hydrogens is 378 g/mol. The normalized spacial score (nSPS) is 12.0. The first-order chi connectivity index (χ1) is 13.3. The highest BCUT2D eigenvalue weighted by Crippen LogP contribution is 2.28. The second-order valence-corrected chi connectivity index (χ2v) is 7.37. The summed E-state index contributed by atoms with van der Waals surface area (Å²) < 4.78 is 6.25.